The van der Waals surface area contributed by atoms with Crippen LogP contribution >= 0.6 is 0 Å². The fourth-order valence-electron chi connectivity index (χ4n) is 3.66. The molecule has 39 heavy (non-hydrogen) atoms. The van der Waals surface area contributed by atoms with Crippen molar-refractivity contribution in [3.8, 4) is 5.75 Å². The van der Waals surface area contributed by atoms with Crippen molar-refractivity contribution < 1.29 is 44.3 Å². The summed E-state index contributed by atoms with van der Waals surface area (Å²) in [6, 6.07) is 11.1. The number of anilines is 1. The number of sulfonamides is 1. The minimum atomic E-state index is -5.13. The first-order valence-corrected chi connectivity index (χ1v) is 13.0. The van der Waals surface area contributed by atoms with Crippen molar-refractivity contribution in [2.24, 2.45) is 0 Å². The lowest BCUT2D eigenvalue weighted by molar-refractivity contribution is -0.143. The first kappa shape index (κ1) is 30.0. The van der Waals surface area contributed by atoms with E-state index in [2.05, 4.69) is 4.72 Å². The van der Waals surface area contributed by atoms with Crippen molar-refractivity contribution in [1.29, 1.82) is 0 Å². The highest BCUT2D eigenvalue weighted by Crippen LogP contribution is 2.37. The van der Waals surface area contributed by atoms with Gasteiger partial charge in [0.1, 0.15) is 11.8 Å². The molecule has 3 aromatic carbocycles. The topological polar surface area (TPSA) is 84.5 Å². The molecule has 0 radical (unpaired) electrons. The summed E-state index contributed by atoms with van der Waals surface area (Å²) in [5.41, 5.74) is -3.07. The minimum absolute atomic E-state index is 0.0753. The van der Waals surface area contributed by atoms with Crippen LogP contribution in [0.4, 0.5) is 32.0 Å². The van der Waals surface area contributed by atoms with Crippen LogP contribution in [0.5, 0.6) is 5.75 Å². The highest BCUT2D eigenvalue weighted by atomic mass is 32.2. The molecule has 1 atom stereocenters. The third-order valence-corrected chi connectivity index (χ3v) is 6.98. The van der Waals surface area contributed by atoms with Gasteiger partial charge in [-0.25, -0.2) is 8.42 Å². The molecule has 3 rings (SSSR count). The average Bonchev–Trinajstić information content (AvgIpc) is 2.84. The molecular formula is C26H24F6N2O4S. The van der Waals surface area contributed by atoms with Crippen molar-refractivity contribution in [1.82, 2.24) is 4.72 Å². The number of alkyl halides is 6. The van der Waals surface area contributed by atoms with Crippen LogP contribution in [0.3, 0.4) is 0 Å². The predicted octanol–water partition coefficient (Wildman–Crippen LogP) is 5.96. The van der Waals surface area contributed by atoms with Crippen molar-refractivity contribution in [3.05, 3.63) is 89.0 Å². The summed E-state index contributed by atoms with van der Waals surface area (Å²) in [4.78, 5) is 12.9. The fraction of sp³-hybridized carbons (Fsp3) is 0.269. The van der Waals surface area contributed by atoms with E-state index in [0.717, 1.165) is 0 Å². The van der Waals surface area contributed by atoms with E-state index in [4.69, 9.17) is 4.74 Å². The third kappa shape index (κ3) is 7.96. The maximum atomic E-state index is 13.3. The quantitative estimate of drug-likeness (QED) is 0.309. The predicted molar refractivity (Wildman–Crippen MR) is 132 cm³/mol. The molecule has 210 valence electrons. The van der Waals surface area contributed by atoms with E-state index in [1.165, 1.54) is 18.2 Å². The van der Waals surface area contributed by atoms with Gasteiger partial charge in [0.05, 0.1) is 22.6 Å². The highest BCUT2D eigenvalue weighted by Gasteiger charge is 2.37. The van der Waals surface area contributed by atoms with Crippen LogP contribution in [0.1, 0.15) is 29.2 Å². The summed E-state index contributed by atoms with van der Waals surface area (Å²) in [6.45, 7) is 3.71. The Bertz CT molecular complexity index is 1390. The molecule has 0 aliphatic rings. The SMILES string of the molecule is CCOc1ccc(S(=O)(=O)N[C@H](Cc2ccccc2)C(=O)Nc2cc(C(F)(F)F)cc(C(F)(F)F)c2)cc1C. The fourth-order valence-corrected chi connectivity index (χ4v) is 4.94. The smallest absolute Gasteiger partial charge is 0.416 e. The molecule has 0 saturated carbocycles. The average molecular weight is 575 g/mol. The zero-order valence-corrected chi connectivity index (χ0v) is 21.5. The summed E-state index contributed by atoms with van der Waals surface area (Å²) in [5, 5.41) is 2.01. The van der Waals surface area contributed by atoms with E-state index >= 15 is 0 Å². The number of ether oxygens (including phenoxy) is 1. The number of nitrogens with one attached hydrogen (secondary N) is 2. The van der Waals surface area contributed by atoms with Crippen LogP contribution in [0.15, 0.2) is 71.6 Å². The molecule has 0 unspecified atom stereocenters. The third-order valence-electron chi connectivity index (χ3n) is 5.51. The van der Waals surface area contributed by atoms with E-state index in [1.54, 1.807) is 44.2 Å². The number of carbonyl (C=O) groups excluding carboxylic acids is 1. The lowest BCUT2D eigenvalue weighted by Gasteiger charge is -2.20. The molecule has 0 fully saturated rings. The second-order valence-corrected chi connectivity index (χ2v) is 10.2. The Labute approximate surface area is 221 Å². The largest absolute Gasteiger partial charge is 0.494 e. The summed E-state index contributed by atoms with van der Waals surface area (Å²) in [5.74, 6) is -0.711. The number of hydrogen-bond acceptors (Lipinski definition) is 4. The molecular weight excluding hydrogens is 550 g/mol. The Kier molecular flexibility index (Phi) is 8.96. The lowest BCUT2D eigenvalue weighted by Crippen LogP contribution is -2.45. The van der Waals surface area contributed by atoms with E-state index in [1.807, 2.05) is 5.32 Å². The van der Waals surface area contributed by atoms with Crippen molar-refractivity contribution in [2.45, 2.75) is 43.6 Å². The zero-order valence-electron chi connectivity index (χ0n) is 20.7. The Balaban J connectivity index is 1.97. The minimum Gasteiger partial charge on any atom is -0.494 e. The van der Waals surface area contributed by atoms with E-state index < -0.39 is 51.1 Å². The summed E-state index contributed by atoms with van der Waals surface area (Å²) >= 11 is 0. The highest BCUT2D eigenvalue weighted by molar-refractivity contribution is 7.89. The maximum Gasteiger partial charge on any atom is 0.416 e. The number of aryl methyl sites for hydroxylation is 1. The van der Waals surface area contributed by atoms with Crippen LogP contribution in [0.2, 0.25) is 0 Å². The van der Waals surface area contributed by atoms with Gasteiger partial charge in [-0.2, -0.15) is 31.1 Å². The van der Waals surface area contributed by atoms with Gasteiger partial charge in [0.15, 0.2) is 0 Å². The molecule has 0 heterocycles. The Morgan fingerprint density at radius 3 is 2.00 bits per heavy atom. The summed E-state index contributed by atoms with van der Waals surface area (Å²) in [6.07, 6.45) is -10.5. The molecule has 1 amide bonds. The van der Waals surface area contributed by atoms with E-state index in [0.29, 0.717) is 35.6 Å². The van der Waals surface area contributed by atoms with Crippen molar-refractivity contribution in [2.75, 3.05) is 11.9 Å². The van der Waals surface area contributed by atoms with Gasteiger partial charge in [0, 0.05) is 5.69 Å². The number of carbonyl (C=O) groups is 1. The zero-order chi connectivity index (χ0) is 29.0. The van der Waals surface area contributed by atoms with Crippen molar-refractivity contribution in [3.63, 3.8) is 0 Å². The Hall–Kier alpha value is -3.58. The first-order valence-electron chi connectivity index (χ1n) is 11.5. The van der Waals surface area contributed by atoms with E-state index in [-0.39, 0.29) is 17.4 Å². The summed E-state index contributed by atoms with van der Waals surface area (Å²) < 4.78 is 113. The second kappa shape index (κ2) is 11.7. The Morgan fingerprint density at radius 1 is 0.897 bits per heavy atom. The molecule has 13 heteroatoms. The van der Waals surface area contributed by atoms with Gasteiger partial charge >= 0.3 is 12.4 Å². The monoisotopic (exact) mass is 574 g/mol. The molecule has 0 aromatic heterocycles. The van der Waals surface area contributed by atoms with Gasteiger partial charge in [-0.3, -0.25) is 4.79 Å². The molecule has 0 aliphatic heterocycles. The van der Waals surface area contributed by atoms with Gasteiger partial charge in [-0.15, -0.1) is 0 Å². The standard InChI is InChI=1S/C26H24F6N2O4S/c1-3-38-23-10-9-21(11-16(23)2)39(36,37)34-22(12-17-7-5-4-6-8-17)24(35)33-20-14-18(25(27,28)29)13-19(15-20)26(30,31)32/h4-11,13-15,22,34H,3,12H2,1-2H3,(H,33,35)/t22-/m1/s1. The summed E-state index contributed by atoms with van der Waals surface area (Å²) in [7, 11) is -4.36. The molecule has 2 N–H and O–H groups in total. The van der Waals surface area contributed by atoms with Gasteiger partial charge < -0.3 is 10.1 Å². The number of benzene rings is 3. The number of hydrogen-bond donors (Lipinski definition) is 2. The maximum absolute atomic E-state index is 13.3. The lowest BCUT2D eigenvalue weighted by atomic mass is 10.1. The van der Waals surface area contributed by atoms with Crippen LogP contribution in [-0.4, -0.2) is 27.0 Å². The molecule has 0 bridgehead atoms. The number of halogens is 6. The van der Waals surface area contributed by atoms with Crippen molar-refractivity contribution >= 4 is 21.6 Å². The van der Waals surface area contributed by atoms with Gasteiger partial charge in [-0.1, -0.05) is 30.3 Å². The van der Waals surface area contributed by atoms with Crippen LogP contribution in [0.25, 0.3) is 0 Å². The Morgan fingerprint density at radius 2 is 1.49 bits per heavy atom. The molecule has 3 aromatic rings. The molecule has 0 spiro atoms. The normalized spacial score (nSPS) is 13.1. The molecule has 6 nitrogen and oxygen atoms in total. The second-order valence-electron chi connectivity index (χ2n) is 8.51. The van der Waals surface area contributed by atoms with Gasteiger partial charge in [0.2, 0.25) is 15.9 Å². The van der Waals surface area contributed by atoms with Crippen LogP contribution in [0, 0.1) is 6.92 Å². The van der Waals surface area contributed by atoms with Crippen LogP contribution < -0.4 is 14.8 Å². The molecule has 0 saturated heterocycles. The number of amides is 1. The van der Waals surface area contributed by atoms with E-state index in [9.17, 15) is 39.6 Å². The van der Waals surface area contributed by atoms with Crippen LogP contribution in [-0.2, 0) is 33.6 Å². The van der Waals surface area contributed by atoms with Gasteiger partial charge in [0.25, 0.3) is 0 Å². The first-order chi connectivity index (χ1) is 18.1. The number of rotatable bonds is 9. The van der Waals surface area contributed by atoms with Gasteiger partial charge in [-0.05, 0) is 67.8 Å². The molecule has 0 aliphatic carbocycles.